The van der Waals surface area contributed by atoms with E-state index in [4.69, 9.17) is 38.9 Å². The van der Waals surface area contributed by atoms with Crippen LogP contribution < -0.4 is 26.8 Å². The van der Waals surface area contributed by atoms with Crippen LogP contribution in [0.3, 0.4) is 0 Å². The van der Waals surface area contributed by atoms with Crippen LogP contribution in [0.1, 0.15) is 243 Å². The molecule has 0 aromatic heterocycles. The number of carbonyl (C=O) groups excluding carboxylic acids is 2. The lowest BCUT2D eigenvalue weighted by molar-refractivity contribution is -0.384. The van der Waals surface area contributed by atoms with E-state index in [-0.39, 0.29) is 12.9 Å². The number of halogens is 2. The van der Waals surface area contributed by atoms with E-state index in [1.54, 1.807) is 0 Å². The third-order valence-electron chi connectivity index (χ3n) is 11.8. The van der Waals surface area contributed by atoms with Crippen molar-refractivity contribution in [3.05, 3.63) is 34.4 Å². The van der Waals surface area contributed by atoms with Gasteiger partial charge < -0.3 is 46.3 Å². The number of alkyl halides is 1. The van der Waals surface area contributed by atoms with Gasteiger partial charge in [-0.25, -0.2) is 20.7 Å². The maximum atomic E-state index is 11.7. The molecule has 1 rings (SSSR count). The summed E-state index contributed by atoms with van der Waals surface area (Å²) in [5.74, 6) is 0.280. The first-order chi connectivity index (χ1) is 38.2. The molecule has 0 fully saturated rings. The van der Waals surface area contributed by atoms with E-state index in [1.807, 2.05) is 21.0 Å². The first-order valence-corrected chi connectivity index (χ1v) is 32.6. The number of unbranched alkanes of at least 4 members (excludes halogenated alkanes) is 21. The normalized spacial score (nSPS) is 10.0. The monoisotopic (exact) mass is 1210 g/mol. The van der Waals surface area contributed by atoms with Gasteiger partial charge in [0.15, 0.2) is 0 Å². The van der Waals surface area contributed by atoms with Gasteiger partial charge in [-0.05, 0) is 131 Å². The topological polar surface area (TPSA) is 229 Å². The molecule has 79 heavy (non-hydrogen) atoms. The van der Waals surface area contributed by atoms with Crippen molar-refractivity contribution in [3.63, 3.8) is 0 Å². The summed E-state index contributed by atoms with van der Waals surface area (Å²) in [5, 5.41) is 17.5. The highest BCUT2D eigenvalue weighted by atomic mass is 79.9. The van der Waals surface area contributed by atoms with Gasteiger partial charge in [0.2, 0.25) is 0 Å². The van der Waals surface area contributed by atoms with E-state index in [9.17, 15) is 19.7 Å². The summed E-state index contributed by atoms with van der Waals surface area (Å²) in [4.78, 5) is 38.5. The van der Waals surface area contributed by atoms with Crippen LogP contribution in [0, 0.1) is 21.2 Å². The number of likely N-dealkylation sites (N-methyl/N-ethyl adjacent to an activating group) is 2. The minimum Gasteiger partial charge on any atom is -0.454 e. The molecular weight excluding hydrogens is 1080 g/mol. The summed E-state index contributed by atoms with van der Waals surface area (Å²) in [6.45, 7) is 27.9. The summed E-state index contributed by atoms with van der Waals surface area (Å²) in [7, 11) is 8.42. The largest absolute Gasteiger partial charge is 0.454 e. The van der Waals surface area contributed by atoms with E-state index >= 15 is 0 Å². The van der Waals surface area contributed by atoms with Gasteiger partial charge in [0.25, 0.3) is 5.69 Å². The summed E-state index contributed by atoms with van der Waals surface area (Å²) >= 11 is 8.10. The molecule has 16 nitrogen and oxygen atoms in total. The number of nitrogens with two attached hydrogens (primary N) is 2. The maximum Gasteiger partial charge on any atom is 0.412 e. The number of ether oxygens (including phenoxy) is 2. The fourth-order valence-corrected chi connectivity index (χ4v) is 7.05. The summed E-state index contributed by atoms with van der Waals surface area (Å²) < 4.78 is 9.47. The van der Waals surface area contributed by atoms with Crippen LogP contribution in [0.25, 0.3) is 0 Å². The molecule has 0 atom stereocenters. The fraction of sp³-hybridized carbons (Fsp3) is 0.869. The van der Waals surface area contributed by atoms with Gasteiger partial charge in [-0.15, -0.1) is 0 Å². The standard InChI is InChI=1S/C17H27N3O4.C11H25N.C10H24N2.C8H19N.C7H17N.C5H9ClO2.C3H7Br.H2N2.H2/c1-3-4-5-6-7-13-19(2)14-12-18-17(21)24-16-10-8-15(9-11-16)20(22)23;1-4-6-7-8-9-11-12(3)10-5-2;1-3-4-5-6-7-9-12(2)10-8-11;1-3-4-5-6-7-8-9-2;1-2-3-4-5-6-7-8;1-2-3-4-8-5(6)7;1-2-3-4;1-2;/h8-11H,3-7,12-14H2,1-2H3,(H,18,21);4-11H2,1-3H3;3-11H2,1-2H3;9H,3-8H2,1-2H3;2-8H2,1H3;2-4H2,1H3;2-3H2,1H3;1-2H;1H. The van der Waals surface area contributed by atoms with Gasteiger partial charge in [-0.1, -0.05) is 206 Å². The highest BCUT2D eigenvalue weighted by molar-refractivity contribution is 9.09. The van der Waals surface area contributed by atoms with Gasteiger partial charge >= 0.3 is 11.5 Å². The Labute approximate surface area is 502 Å². The quantitative estimate of drug-likeness (QED) is 0.00897. The number of carbonyl (C=O) groups is 2. The van der Waals surface area contributed by atoms with Crippen molar-refractivity contribution < 1.29 is 25.4 Å². The molecule has 1 aromatic rings. The van der Waals surface area contributed by atoms with E-state index < -0.39 is 16.4 Å². The van der Waals surface area contributed by atoms with Crippen LogP contribution in [0.4, 0.5) is 15.3 Å². The zero-order valence-electron chi connectivity index (χ0n) is 53.4. The van der Waals surface area contributed by atoms with Crippen molar-refractivity contribution in [2.45, 2.75) is 242 Å². The number of nitrogens with zero attached hydrogens (tertiary/aromatic N) is 4. The Kier molecular flexibility index (Phi) is 96.3. The summed E-state index contributed by atoms with van der Waals surface area (Å²) in [6, 6.07) is 5.41. The molecule has 0 saturated carbocycles. The lowest BCUT2D eigenvalue weighted by atomic mass is 10.1. The zero-order valence-corrected chi connectivity index (χ0v) is 55.8. The van der Waals surface area contributed by atoms with Crippen molar-refractivity contribution in [1.82, 2.24) is 25.3 Å². The lowest BCUT2D eigenvalue weighted by Gasteiger charge is -2.16. The minimum absolute atomic E-state index is 0. The summed E-state index contributed by atoms with van der Waals surface area (Å²) in [5.41, 5.74) is 20.0. The fourth-order valence-electron chi connectivity index (χ4n) is 6.97. The molecule has 0 aliphatic rings. The van der Waals surface area contributed by atoms with Gasteiger partial charge in [0.1, 0.15) is 5.75 Å². The van der Waals surface area contributed by atoms with Crippen LogP contribution in [0.2, 0.25) is 0 Å². The Balaban J connectivity index is -0.000000133. The molecule has 0 saturated heterocycles. The molecular formula is C61H132BrClN10O6. The van der Waals surface area contributed by atoms with Gasteiger partial charge in [0.05, 0.1) is 11.5 Å². The molecule has 18 heteroatoms. The number of nitro groups is 1. The number of benzene rings is 1. The highest BCUT2D eigenvalue weighted by Gasteiger charge is 2.08. The second-order valence-corrected chi connectivity index (χ2v) is 21.0. The molecule has 0 aliphatic heterocycles. The molecule has 476 valence electrons. The Morgan fingerprint density at radius 2 is 0.937 bits per heavy atom. The van der Waals surface area contributed by atoms with Crippen LogP contribution in [0.5, 0.6) is 5.75 Å². The summed E-state index contributed by atoms with van der Waals surface area (Å²) in [6.07, 6.45) is 37.4. The number of hydrogen-bond acceptors (Lipinski definition) is 14. The smallest absolute Gasteiger partial charge is 0.412 e. The van der Waals surface area contributed by atoms with Gasteiger partial charge in [0, 0.05) is 56.7 Å². The van der Waals surface area contributed by atoms with Gasteiger partial charge in [-0.2, -0.15) is 0 Å². The van der Waals surface area contributed by atoms with E-state index in [1.165, 1.54) is 224 Å². The molecule has 1 aromatic carbocycles. The zero-order chi connectivity index (χ0) is 61.3. The van der Waals surface area contributed by atoms with Crippen LogP contribution in [0.15, 0.2) is 24.3 Å². The molecule has 0 bridgehead atoms. The van der Waals surface area contributed by atoms with Crippen LogP contribution >= 0.6 is 27.5 Å². The van der Waals surface area contributed by atoms with E-state index in [0.29, 0.717) is 13.2 Å². The molecule has 1 amide bonds. The maximum absolute atomic E-state index is 11.7. The number of nitro benzene ring substituents is 1. The van der Waals surface area contributed by atoms with Crippen LogP contribution in [-0.2, 0) is 4.74 Å². The molecule has 0 unspecified atom stereocenters. The first kappa shape index (κ1) is 90.3. The second kappa shape index (κ2) is 84.3. The third-order valence-corrected chi connectivity index (χ3v) is 12.7. The molecule has 8 N–H and O–H groups in total. The Morgan fingerprint density at radius 1 is 0.557 bits per heavy atom. The lowest BCUT2D eigenvalue weighted by Crippen LogP contribution is -2.35. The number of hydrogen-bond donors (Lipinski definition) is 6. The Bertz CT molecular complexity index is 1260. The predicted octanol–water partition coefficient (Wildman–Crippen LogP) is 17.6. The average molecular weight is 1220 g/mol. The number of amides is 1. The highest BCUT2D eigenvalue weighted by Crippen LogP contribution is 2.17. The van der Waals surface area contributed by atoms with Crippen molar-refractivity contribution in [1.29, 1.82) is 11.1 Å². The first-order valence-electron chi connectivity index (χ1n) is 31.1. The number of rotatable bonds is 42. The van der Waals surface area contributed by atoms with Crippen molar-refractivity contribution in [2.75, 3.05) is 106 Å². The van der Waals surface area contributed by atoms with Crippen molar-refractivity contribution >= 4 is 44.7 Å². The molecule has 0 spiro atoms. The minimum atomic E-state index is -0.710. The predicted molar refractivity (Wildman–Crippen MR) is 349 cm³/mol. The second-order valence-electron chi connectivity index (χ2n) is 19.9. The number of nitrogens with one attached hydrogen (secondary N) is 4. The van der Waals surface area contributed by atoms with Crippen LogP contribution in [-0.4, -0.2) is 137 Å². The Morgan fingerprint density at radius 3 is 1.28 bits per heavy atom. The molecule has 0 radical (unpaired) electrons. The average Bonchev–Trinajstić information content (AvgIpc) is 3.44. The van der Waals surface area contributed by atoms with E-state index in [0.717, 1.165) is 50.9 Å². The molecule has 0 aliphatic carbocycles. The third kappa shape index (κ3) is 95.1. The van der Waals surface area contributed by atoms with E-state index in [2.05, 4.69) is 109 Å². The Hall–Kier alpha value is -2.51. The molecule has 0 heterocycles. The van der Waals surface area contributed by atoms with Crippen molar-refractivity contribution in [3.8, 4) is 5.75 Å². The number of non-ortho nitro benzene ring substituents is 1. The SMILES string of the molecule is CCCBr.CCCCCCCN.CCCCCCCN(C)CCC.CCCCCCCN(C)CCN.CCCCCCCN(C)CCNC(=O)Oc1ccc([N+](=O)[O-])cc1.CCCCCCCNC.CCCCOC(=O)Cl.N=N.[HH]. The van der Waals surface area contributed by atoms with Gasteiger partial charge in [-0.3, -0.25) is 10.1 Å². The van der Waals surface area contributed by atoms with Crippen molar-refractivity contribution in [2.24, 2.45) is 11.5 Å².